The second kappa shape index (κ2) is 5.15. The molecule has 20 heavy (non-hydrogen) atoms. The second-order valence-electron chi connectivity index (χ2n) is 4.02. The molecule has 5 nitrogen and oxygen atoms in total. The van der Waals surface area contributed by atoms with Crippen LogP contribution in [0.15, 0.2) is 36.5 Å². The van der Waals surface area contributed by atoms with Gasteiger partial charge in [0.1, 0.15) is 17.6 Å². The van der Waals surface area contributed by atoms with Crippen molar-refractivity contribution in [1.29, 1.82) is 5.26 Å². The Balaban J connectivity index is 1.88. The Morgan fingerprint density at radius 1 is 1.30 bits per heavy atom. The predicted molar refractivity (Wildman–Crippen MR) is 78.4 cm³/mol. The Kier molecular flexibility index (Phi) is 3.19. The van der Waals surface area contributed by atoms with Crippen LogP contribution in [0.25, 0.3) is 10.2 Å². The van der Waals surface area contributed by atoms with Gasteiger partial charge in [-0.2, -0.15) is 5.26 Å². The summed E-state index contributed by atoms with van der Waals surface area (Å²) >= 11 is 1.52. The molecule has 2 aromatic heterocycles. The third-order valence-electron chi connectivity index (χ3n) is 2.72. The number of methoxy groups -OCH3 is 1. The monoisotopic (exact) mass is 282 g/mol. The summed E-state index contributed by atoms with van der Waals surface area (Å²) in [5, 5.41) is 12.6. The first-order valence-electron chi connectivity index (χ1n) is 5.86. The van der Waals surface area contributed by atoms with Crippen molar-refractivity contribution in [3.05, 3.63) is 42.1 Å². The van der Waals surface area contributed by atoms with Crippen molar-refractivity contribution in [3.8, 4) is 11.8 Å². The maximum Gasteiger partial charge on any atom is 0.189 e. The molecule has 0 saturated carbocycles. The Hall–Kier alpha value is -2.65. The number of benzene rings is 1. The first-order valence-corrected chi connectivity index (χ1v) is 6.68. The minimum absolute atomic E-state index is 0.532. The molecular formula is C14H10N4OS. The van der Waals surface area contributed by atoms with Gasteiger partial charge >= 0.3 is 0 Å². The van der Waals surface area contributed by atoms with E-state index < -0.39 is 0 Å². The van der Waals surface area contributed by atoms with Crippen molar-refractivity contribution >= 4 is 32.5 Å². The number of pyridine rings is 1. The molecule has 0 aliphatic heterocycles. The zero-order chi connectivity index (χ0) is 13.9. The summed E-state index contributed by atoms with van der Waals surface area (Å²) in [5.74, 6) is 1.47. The molecule has 0 amide bonds. The minimum atomic E-state index is 0.532. The van der Waals surface area contributed by atoms with E-state index in [1.807, 2.05) is 24.3 Å². The van der Waals surface area contributed by atoms with E-state index in [0.717, 1.165) is 21.1 Å². The van der Waals surface area contributed by atoms with E-state index in [-0.39, 0.29) is 0 Å². The van der Waals surface area contributed by atoms with E-state index >= 15 is 0 Å². The Bertz CT molecular complexity index is 789. The topological polar surface area (TPSA) is 70.8 Å². The number of ether oxygens (including phenoxy) is 1. The maximum atomic E-state index is 8.73. The standard InChI is InChI=1S/C14H10N4OS/c1-19-10-3-4-11-12(6-10)20-14(17-11)18-13-5-2-9(7-15)8-16-13/h2-6,8H,1H3,(H,16,17,18). The van der Waals surface area contributed by atoms with E-state index in [2.05, 4.69) is 15.3 Å². The number of rotatable bonds is 3. The average Bonchev–Trinajstić information content (AvgIpc) is 2.89. The molecule has 0 aliphatic carbocycles. The van der Waals surface area contributed by atoms with Crippen LogP contribution in [-0.4, -0.2) is 17.1 Å². The number of anilines is 2. The number of thiazole rings is 1. The highest BCUT2D eigenvalue weighted by Gasteiger charge is 2.06. The van der Waals surface area contributed by atoms with E-state index in [1.54, 1.807) is 19.2 Å². The van der Waals surface area contributed by atoms with Gasteiger partial charge in [-0.1, -0.05) is 11.3 Å². The van der Waals surface area contributed by atoms with Crippen LogP contribution in [0.2, 0.25) is 0 Å². The largest absolute Gasteiger partial charge is 0.497 e. The van der Waals surface area contributed by atoms with Crippen molar-refractivity contribution in [2.24, 2.45) is 0 Å². The van der Waals surface area contributed by atoms with Gasteiger partial charge in [0.05, 0.1) is 22.9 Å². The molecule has 0 radical (unpaired) electrons. The van der Waals surface area contributed by atoms with Crippen molar-refractivity contribution < 1.29 is 4.74 Å². The molecule has 0 fully saturated rings. The van der Waals surface area contributed by atoms with Gasteiger partial charge in [0.15, 0.2) is 5.13 Å². The molecule has 0 spiro atoms. The fraction of sp³-hybridized carbons (Fsp3) is 0.0714. The minimum Gasteiger partial charge on any atom is -0.497 e. The number of nitrogens with one attached hydrogen (secondary N) is 1. The number of nitriles is 1. The molecule has 1 aromatic carbocycles. The molecule has 0 saturated heterocycles. The molecule has 0 unspecified atom stereocenters. The fourth-order valence-corrected chi connectivity index (χ4v) is 2.63. The summed E-state index contributed by atoms with van der Waals surface area (Å²) in [4.78, 5) is 8.63. The van der Waals surface area contributed by atoms with Crippen LogP contribution in [0.4, 0.5) is 10.9 Å². The lowest BCUT2D eigenvalue weighted by molar-refractivity contribution is 0.415. The van der Waals surface area contributed by atoms with E-state index in [0.29, 0.717) is 11.4 Å². The summed E-state index contributed by atoms with van der Waals surface area (Å²) < 4.78 is 6.23. The van der Waals surface area contributed by atoms with Gasteiger partial charge in [-0.3, -0.25) is 0 Å². The number of hydrogen-bond acceptors (Lipinski definition) is 6. The Morgan fingerprint density at radius 2 is 2.20 bits per heavy atom. The molecule has 1 N–H and O–H groups in total. The second-order valence-corrected chi connectivity index (χ2v) is 5.05. The van der Waals surface area contributed by atoms with Gasteiger partial charge in [-0.25, -0.2) is 9.97 Å². The number of fused-ring (bicyclic) bond motifs is 1. The van der Waals surface area contributed by atoms with Crippen LogP contribution in [-0.2, 0) is 0 Å². The summed E-state index contributed by atoms with van der Waals surface area (Å²) in [6.07, 6.45) is 1.53. The summed E-state index contributed by atoms with van der Waals surface area (Å²) in [7, 11) is 1.64. The quantitative estimate of drug-likeness (QED) is 0.798. The predicted octanol–water partition coefficient (Wildman–Crippen LogP) is 3.32. The fourth-order valence-electron chi connectivity index (χ4n) is 1.73. The highest BCUT2D eigenvalue weighted by atomic mass is 32.1. The van der Waals surface area contributed by atoms with Crippen LogP contribution in [0.3, 0.4) is 0 Å². The van der Waals surface area contributed by atoms with Gasteiger partial charge in [0, 0.05) is 6.20 Å². The van der Waals surface area contributed by atoms with Crippen LogP contribution in [0.1, 0.15) is 5.56 Å². The SMILES string of the molecule is COc1ccc2nc(Nc3ccc(C#N)cn3)sc2c1. The lowest BCUT2D eigenvalue weighted by atomic mass is 10.3. The maximum absolute atomic E-state index is 8.73. The lowest BCUT2D eigenvalue weighted by Crippen LogP contribution is -1.92. The Labute approximate surface area is 119 Å². The van der Waals surface area contributed by atoms with Crippen LogP contribution in [0, 0.1) is 11.3 Å². The third-order valence-corrected chi connectivity index (χ3v) is 3.66. The first-order chi connectivity index (χ1) is 9.78. The number of aromatic nitrogens is 2. The molecule has 6 heteroatoms. The number of nitrogens with zero attached hydrogens (tertiary/aromatic N) is 3. The molecular weight excluding hydrogens is 272 g/mol. The highest BCUT2D eigenvalue weighted by Crippen LogP contribution is 2.30. The summed E-state index contributed by atoms with van der Waals surface area (Å²) in [6.45, 7) is 0. The third kappa shape index (κ3) is 2.39. The van der Waals surface area contributed by atoms with Gasteiger partial charge in [0.2, 0.25) is 0 Å². The van der Waals surface area contributed by atoms with Gasteiger partial charge in [-0.05, 0) is 30.3 Å². The molecule has 0 aliphatic rings. The van der Waals surface area contributed by atoms with Gasteiger partial charge in [0.25, 0.3) is 0 Å². The lowest BCUT2D eigenvalue weighted by Gasteiger charge is -1.99. The van der Waals surface area contributed by atoms with E-state index in [4.69, 9.17) is 10.00 Å². The van der Waals surface area contributed by atoms with Crippen LogP contribution >= 0.6 is 11.3 Å². The summed E-state index contributed by atoms with van der Waals surface area (Å²) in [6, 6.07) is 11.3. The molecule has 2 heterocycles. The first kappa shape index (κ1) is 12.4. The Morgan fingerprint density at radius 3 is 2.90 bits per heavy atom. The normalized spacial score (nSPS) is 10.2. The van der Waals surface area contributed by atoms with E-state index in [9.17, 15) is 0 Å². The molecule has 0 bridgehead atoms. The molecule has 0 atom stereocenters. The number of hydrogen-bond donors (Lipinski definition) is 1. The molecule has 3 rings (SSSR count). The van der Waals surface area contributed by atoms with Crippen molar-refractivity contribution in [3.63, 3.8) is 0 Å². The zero-order valence-corrected chi connectivity index (χ0v) is 11.4. The molecule has 3 aromatic rings. The van der Waals surface area contributed by atoms with E-state index in [1.165, 1.54) is 17.5 Å². The van der Waals surface area contributed by atoms with Gasteiger partial charge in [-0.15, -0.1) is 0 Å². The average molecular weight is 282 g/mol. The summed E-state index contributed by atoms with van der Waals surface area (Å²) in [5.41, 5.74) is 1.44. The smallest absolute Gasteiger partial charge is 0.189 e. The van der Waals surface area contributed by atoms with Crippen molar-refractivity contribution in [1.82, 2.24) is 9.97 Å². The van der Waals surface area contributed by atoms with Crippen LogP contribution in [0.5, 0.6) is 5.75 Å². The highest BCUT2D eigenvalue weighted by molar-refractivity contribution is 7.22. The van der Waals surface area contributed by atoms with Crippen LogP contribution < -0.4 is 10.1 Å². The van der Waals surface area contributed by atoms with Crippen molar-refractivity contribution in [2.45, 2.75) is 0 Å². The zero-order valence-electron chi connectivity index (χ0n) is 10.6. The molecule has 98 valence electrons. The van der Waals surface area contributed by atoms with Crippen molar-refractivity contribution in [2.75, 3.05) is 12.4 Å². The van der Waals surface area contributed by atoms with Gasteiger partial charge < -0.3 is 10.1 Å².